The van der Waals surface area contributed by atoms with Crippen LogP contribution in [0, 0.1) is 20.2 Å². The van der Waals surface area contributed by atoms with Gasteiger partial charge in [-0.3, -0.25) is 20.2 Å². The maximum Gasteiger partial charge on any atom is 0.271 e. The standard InChI is InChI=1S/C14H14N4O4S2/c1-15-11-7-9(17(19)20)3-5-13(11)23-24-14-6-4-10(18(21)22)8-12(14)16-2/h3-8,15-16H,1-2H3. The van der Waals surface area contributed by atoms with Crippen molar-refractivity contribution in [3.05, 3.63) is 56.6 Å². The second-order valence-electron chi connectivity index (χ2n) is 4.54. The molecule has 0 atom stereocenters. The summed E-state index contributed by atoms with van der Waals surface area (Å²) in [6.07, 6.45) is 0. The Morgan fingerprint density at radius 2 is 1.17 bits per heavy atom. The fourth-order valence-corrected chi connectivity index (χ4v) is 4.23. The van der Waals surface area contributed by atoms with Gasteiger partial charge in [0.25, 0.3) is 11.4 Å². The molecule has 2 aromatic carbocycles. The molecule has 0 aliphatic carbocycles. The highest BCUT2D eigenvalue weighted by Gasteiger charge is 2.14. The van der Waals surface area contributed by atoms with Gasteiger partial charge in [0.1, 0.15) is 0 Å². The van der Waals surface area contributed by atoms with Gasteiger partial charge in [-0.25, -0.2) is 0 Å². The molecule has 0 bridgehead atoms. The van der Waals surface area contributed by atoms with Crippen LogP contribution in [-0.4, -0.2) is 23.9 Å². The van der Waals surface area contributed by atoms with E-state index in [1.165, 1.54) is 45.9 Å². The molecule has 0 saturated heterocycles. The molecular formula is C14H14N4O4S2. The monoisotopic (exact) mass is 366 g/mol. The molecule has 2 N–H and O–H groups in total. The van der Waals surface area contributed by atoms with Crippen LogP contribution < -0.4 is 10.6 Å². The van der Waals surface area contributed by atoms with Crippen molar-refractivity contribution < 1.29 is 9.85 Å². The lowest BCUT2D eigenvalue weighted by Crippen LogP contribution is -1.95. The number of benzene rings is 2. The van der Waals surface area contributed by atoms with Gasteiger partial charge in [-0.2, -0.15) is 0 Å². The first kappa shape index (κ1) is 17.9. The number of hydrogen-bond donors (Lipinski definition) is 2. The SMILES string of the molecule is CNc1cc([N+](=O)[O-])ccc1SSc1ccc([N+](=O)[O-])cc1NC. The van der Waals surface area contributed by atoms with Crippen LogP contribution in [0.5, 0.6) is 0 Å². The van der Waals surface area contributed by atoms with Crippen molar-refractivity contribution >= 4 is 44.3 Å². The Hall–Kier alpha value is -2.46. The third kappa shape index (κ3) is 4.09. The van der Waals surface area contributed by atoms with Crippen LogP contribution in [0.2, 0.25) is 0 Å². The molecule has 8 nitrogen and oxygen atoms in total. The quantitative estimate of drug-likeness (QED) is 0.422. The van der Waals surface area contributed by atoms with E-state index in [0.29, 0.717) is 11.4 Å². The summed E-state index contributed by atoms with van der Waals surface area (Å²) < 4.78 is 0. The molecule has 2 aromatic rings. The van der Waals surface area contributed by atoms with E-state index in [4.69, 9.17) is 0 Å². The lowest BCUT2D eigenvalue weighted by molar-refractivity contribution is -0.385. The topological polar surface area (TPSA) is 110 Å². The summed E-state index contributed by atoms with van der Waals surface area (Å²) in [4.78, 5) is 22.4. The van der Waals surface area contributed by atoms with Crippen molar-refractivity contribution in [2.45, 2.75) is 9.79 Å². The molecular weight excluding hydrogens is 352 g/mol. The number of anilines is 2. The predicted octanol–water partition coefficient (Wildman–Crippen LogP) is 4.39. The molecule has 2 rings (SSSR count). The zero-order valence-electron chi connectivity index (χ0n) is 12.8. The maximum atomic E-state index is 10.8. The van der Waals surface area contributed by atoms with Gasteiger partial charge in [-0.1, -0.05) is 21.6 Å². The molecule has 0 heterocycles. The molecule has 0 radical (unpaired) electrons. The molecule has 0 aliphatic rings. The lowest BCUT2D eigenvalue weighted by atomic mass is 10.3. The second kappa shape index (κ2) is 7.88. The summed E-state index contributed by atoms with van der Waals surface area (Å²) in [6, 6.07) is 9.17. The molecule has 0 aromatic heterocycles. The number of nitro benzene ring substituents is 2. The van der Waals surface area contributed by atoms with Crippen LogP contribution in [-0.2, 0) is 0 Å². The van der Waals surface area contributed by atoms with E-state index in [2.05, 4.69) is 10.6 Å². The summed E-state index contributed by atoms with van der Waals surface area (Å²) in [5.41, 5.74) is 1.32. The minimum atomic E-state index is -0.447. The summed E-state index contributed by atoms with van der Waals surface area (Å²) in [7, 11) is 6.21. The highest BCUT2D eigenvalue weighted by molar-refractivity contribution is 8.76. The summed E-state index contributed by atoms with van der Waals surface area (Å²) in [5, 5.41) is 27.5. The zero-order chi connectivity index (χ0) is 17.7. The van der Waals surface area contributed by atoms with E-state index in [1.54, 1.807) is 26.2 Å². The van der Waals surface area contributed by atoms with Gasteiger partial charge in [-0.05, 0) is 12.1 Å². The van der Waals surface area contributed by atoms with Crippen molar-refractivity contribution in [3.63, 3.8) is 0 Å². The van der Waals surface area contributed by atoms with E-state index < -0.39 is 9.85 Å². The number of non-ortho nitro benzene ring substituents is 2. The van der Waals surface area contributed by atoms with E-state index >= 15 is 0 Å². The fraction of sp³-hybridized carbons (Fsp3) is 0.143. The van der Waals surface area contributed by atoms with Gasteiger partial charge in [0.15, 0.2) is 0 Å². The van der Waals surface area contributed by atoms with Gasteiger partial charge in [0, 0.05) is 48.2 Å². The summed E-state index contributed by atoms with van der Waals surface area (Å²) >= 11 is 0. The normalized spacial score (nSPS) is 10.2. The van der Waals surface area contributed by atoms with E-state index in [1.807, 2.05) is 0 Å². The Kier molecular flexibility index (Phi) is 5.88. The Bertz CT molecular complexity index is 720. The molecule has 0 spiro atoms. The minimum absolute atomic E-state index is 0.0138. The minimum Gasteiger partial charge on any atom is -0.387 e. The molecule has 0 amide bonds. The largest absolute Gasteiger partial charge is 0.387 e. The molecule has 126 valence electrons. The Balaban J connectivity index is 2.21. The van der Waals surface area contributed by atoms with Crippen molar-refractivity contribution in [2.24, 2.45) is 0 Å². The smallest absolute Gasteiger partial charge is 0.271 e. The average molecular weight is 366 g/mol. The number of hydrogen-bond acceptors (Lipinski definition) is 8. The van der Waals surface area contributed by atoms with Gasteiger partial charge >= 0.3 is 0 Å². The van der Waals surface area contributed by atoms with E-state index in [-0.39, 0.29) is 11.4 Å². The van der Waals surface area contributed by atoms with Crippen molar-refractivity contribution in [2.75, 3.05) is 24.7 Å². The van der Waals surface area contributed by atoms with Crippen molar-refractivity contribution in [1.29, 1.82) is 0 Å². The number of nitrogens with zero attached hydrogens (tertiary/aromatic N) is 2. The van der Waals surface area contributed by atoms with Crippen LogP contribution in [0.25, 0.3) is 0 Å². The van der Waals surface area contributed by atoms with Gasteiger partial charge in [0.2, 0.25) is 0 Å². The molecule has 0 fully saturated rings. The maximum absolute atomic E-state index is 10.8. The van der Waals surface area contributed by atoms with E-state index in [0.717, 1.165) is 9.79 Å². The summed E-state index contributed by atoms with van der Waals surface area (Å²) in [5.74, 6) is 0. The van der Waals surface area contributed by atoms with Crippen LogP contribution in [0.15, 0.2) is 46.2 Å². The van der Waals surface area contributed by atoms with Crippen LogP contribution >= 0.6 is 21.6 Å². The predicted molar refractivity (Wildman–Crippen MR) is 97.0 cm³/mol. The first-order valence-electron chi connectivity index (χ1n) is 6.73. The highest BCUT2D eigenvalue weighted by Crippen LogP contribution is 2.44. The molecule has 0 aliphatic heterocycles. The van der Waals surface area contributed by atoms with Crippen LogP contribution in [0.3, 0.4) is 0 Å². The first-order chi connectivity index (χ1) is 11.5. The van der Waals surface area contributed by atoms with Gasteiger partial charge < -0.3 is 10.6 Å². The Labute approximate surface area is 145 Å². The zero-order valence-corrected chi connectivity index (χ0v) is 14.4. The second-order valence-corrected chi connectivity index (χ2v) is 6.75. The average Bonchev–Trinajstić information content (AvgIpc) is 2.59. The molecule has 0 saturated carbocycles. The van der Waals surface area contributed by atoms with E-state index in [9.17, 15) is 20.2 Å². The lowest BCUT2D eigenvalue weighted by Gasteiger charge is -2.10. The number of nitrogens with one attached hydrogen (secondary N) is 2. The highest BCUT2D eigenvalue weighted by atomic mass is 33.1. The number of nitro groups is 2. The third-order valence-corrected chi connectivity index (χ3v) is 5.59. The fourth-order valence-electron chi connectivity index (χ4n) is 1.89. The molecule has 10 heteroatoms. The Morgan fingerprint density at radius 1 is 0.792 bits per heavy atom. The third-order valence-electron chi connectivity index (χ3n) is 3.11. The van der Waals surface area contributed by atoms with Crippen molar-refractivity contribution in [3.8, 4) is 0 Å². The van der Waals surface area contributed by atoms with Crippen LogP contribution in [0.4, 0.5) is 22.7 Å². The summed E-state index contributed by atoms with van der Waals surface area (Å²) in [6.45, 7) is 0. The first-order valence-corrected chi connectivity index (χ1v) is 8.88. The number of rotatable bonds is 7. The van der Waals surface area contributed by atoms with Crippen molar-refractivity contribution in [1.82, 2.24) is 0 Å². The Morgan fingerprint density at radius 3 is 1.46 bits per heavy atom. The van der Waals surface area contributed by atoms with Gasteiger partial charge in [-0.15, -0.1) is 0 Å². The van der Waals surface area contributed by atoms with Crippen LogP contribution in [0.1, 0.15) is 0 Å². The molecule has 0 unspecified atom stereocenters. The molecule has 24 heavy (non-hydrogen) atoms. The van der Waals surface area contributed by atoms with Gasteiger partial charge in [0.05, 0.1) is 21.2 Å².